The third-order valence-electron chi connectivity index (χ3n) is 5.87. The van der Waals surface area contributed by atoms with E-state index in [-0.39, 0.29) is 24.2 Å². The van der Waals surface area contributed by atoms with E-state index in [0.29, 0.717) is 40.2 Å². The van der Waals surface area contributed by atoms with Crippen LogP contribution >= 0.6 is 23.2 Å². The van der Waals surface area contributed by atoms with E-state index in [0.717, 1.165) is 24.0 Å². The van der Waals surface area contributed by atoms with Gasteiger partial charge in [0.05, 0.1) is 23.0 Å². The topological polar surface area (TPSA) is 67.6 Å². The monoisotopic (exact) mass is 473 g/mol. The predicted molar refractivity (Wildman–Crippen MR) is 126 cm³/mol. The summed E-state index contributed by atoms with van der Waals surface area (Å²) in [5.74, 6) is -0.238. The molecule has 1 fully saturated rings. The number of aromatic nitrogens is 2. The molecule has 1 amide bonds. The Labute approximate surface area is 197 Å². The van der Waals surface area contributed by atoms with Crippen molar-refractivity contribution in [2.24, 2.45) is 0 Å². The van der Waals surface area contributed by atoms with Crippen LogP contribution in [0.5, 0.6) is 0 Å². The van der Waals surface area contributed by atoms with Gasteiger partial charge >= 0.3 is 0 Å². The van der Waals surface area contributed by atoms with Gasteiger partial charge in [-0.3, -0.25) is 4.79 Å². The van der Waals surface area contributed by atoms with E-state index < -0.39 is 0 Å². The van der Waals surface area contributed by atoms with E-state index in [1.54, 1.807) is 34.8 Å². The predicted octanol–water partition coefficient (Wildman–Crippen LogP) is 4.90. The molecule has 0 spiro atoms. The highest BCUT2D eigenvalue weighted by molar-refractivity contribution is 6.35. The van der Waals surface area contributed by atoms with Crippen molar-refractivity contribution in [3.8, 4) is 16.9 Å². The SMILES string of the molecule is Cc1ccc(-c2c(CO)c(C(=O)N(C)C3CCOCC3)nn2-c2ccc(Cl)cc2Cl)cc1. The third-order valence-corrected chi connectivity index (χ3v) is 6.40. The van der Waals surface area contributed by atoms with E-state index in [4.69, 9.17) is 27.9 Å². The Morgan fingerprint density at radius 3 is 2.50 bits per heavy atom. The van der Waals surface area contributed by atoms with Crippen LogP contribution in [0.4, 0.5) is 0 Å². The summed E-state index contributed by atoms with van der Waals surface area (Å²) in [4.78, 5) is 15.2. The number of hydrogen-bond acceptors (Lipinski definition) is 4. The highest BCUT2D eigenvalue weighted by Crippen LogP contribution is 2.34. The summed E-state index contributed by atoms with van der Waals surface area (Å²) in [6, 6.07) is 13.0. The van der Waals surface area contributed by atoms with Gasteiger partial charge in [-0.15, -0.1) is 0 Å². The van der Waals surface area contributed by atoms with E-state index in [1.807, 2.05) is 31.2 Å². The lowest BCUT2D eigenvalue weighted by molar-refractivity contribution is 0.0357. The summed E-state index contributed by atoms with van der Waals surface area (Å²) >= 11 is 12.6. The Balaban J connectivity index is 1.87. The van der Waals surface area contributed by atoms with E-state index >= 15 is 0 Å². The molecule has 2 heterocycles. The molecular formula is C24H25Cl2N3O3. The van der Waals surface area contributed by atoms with Gasteiger partial charge in [0.1, 0.15) is 0 Å². The highest BCUT2D eigenvalue weighted by atomic mass is 35.5. The molecule has 1 aliphatic heterocycles. The number of carbonyl (C=O) groups is 1. The molecule has 1 saturated heterocycles. The van der Waals surface area contributed by atoms with Crippen LogP contribution in [-0.4, -0.2) is 52.0 Å². The standard InChI is InChI=1S/C24H25Cl2N3O3/c1-15-3-5-16(6-4-15)23-19(14-30)22(24(31)28(2)18-9-11-32-12-10-18)27-29(23)21-8-7-17(25)13-20(21)26/h3-8,13,18,30H,9-12,14H2,1-2H3. The summed E-state index contributed by atoms with van der Waals surface area (Å²) in [7, 11) is 1.78. The van der Waals surface area contributed by atoms with E-state index in [2.05, 4.69) is 5.10 Å². The highest BCUT2D eigenvalue weighted by Gasteiger charge is 2.30. The number of nitrogens with zero attached hydrogens (tertiary/aromatic N) is 3. The lowest BCUT2D eigenvalue weighted by Gasteiger charge is -2.30. The Morgan fingerprint density at radius 2 is 1.88 bits per heavy atom. The van der Waals surface area contributed by atoms with Crippen LogP contribution in [0, 0.1) is 6.92 Å². The molecule has 0 saturated carbocycles. The normalized spacial score (nSPS) is 14.5. The zero-order valence-electron chi connectivity index (χ0n) is 18.0. The molecule has 2 aromatic carbocycles. The number of ether oxygens (including phenoxy) is 1. The second-order valence-electron chi connectivity index (χ2n) is 7.97. The third kappa shape index (κ3) is 4.41. The van der Waals surface area contributed by atoms with Crippen molar-refractivity contribution in [3.05, 3.63) is 69.3 Å². The molecule has 0 bridgehead atoms. The van der Waals surface area contributed by atoms with Gasteiger partial charge in [0.2, 0.25) is 0 Å². The first kappa shape index (κ1) is 22.8. The molecule has 4 rings (SSSR count). The van der Waals surface area contributed by atoms with Crippen LogP contribution in [0.15, 0.2) is 42.5 Å². The van der Waals surface area contributed by atoms with Crippen LogP contribution in [-0.2, 0) is 11.3 Å². The number of halogens is 2. The minimum absolute atomic E-state index is 0.0647. The van der Waals surface area contributed by atoms with E-state index in [9.17, 15) is 9.90 Å². The molecule has 8 heteroatoms. The average molecular weight is 474 g/mol. The maximum Gasteiger partial charge on any atom is 0.274 e. The quantitative estimate of drug-likeness (QED) is 0.572. The number of aliphatic hydroxyl groups excluding tert-OH is 1. The summed E-state index contributed by atoms with van der Waals surface area (Å²) in [6.45, 7) is 2.91. The first-order chi connectivity index (χ1) is 15.4. The molecule has 1 aliphatic rings. The molecule has 0 unspecified atom stereocenters. The molecule has 0 atom stereocenters. The molecular weight excluding hydrogens is 449 g/mol. The molecule has 168 valence electrons. The smallest absolute Gasteiger partial charge is 0.274 e. The van der Waals surface area contributed by atoms with Crippen molar-refractivity contribution < 1.29 is 14.6 Å². The maximum absolute atomic E-state index is 13.5. The van der Waals surface area contributed by atoms with Gasteiger partial charge in [-0.2, -0.15) is 5.10 Å². The summed E-state index contributed by atoms with van der Waals surface area (Å²) < 4.78 is 7.05. The largest absolute Gasteiger partial charge is 0.392 e. The second kappa shape index (κ2) is 9.63. The van der Waals surface area contributed by atoms with Crippen molar-refractivity contribution in [2.75, 3.05) is 20.3 Å². The molecule has 0 aliphatic carbocycles. The molecule has 1 aromatic heterocycles. The van der Waals surface area contributed by atoms with Gasteiger partial charge in [0, 0.05) is 42.5 Å². The van der Waals surface area contributed by atoms with E-state index in [1.165, 1.54) is 0 Å². The van der Waals surface area contributed by atoms with Crippen molar-refractivity contribution in [2.45, 2.75) is 32.4 Å². The van der Waals surface area contributed by atoms with Crippen LogP contribution in [0.3, 0.4) is 0 Å². The Bertz CT molecular complexity index is 1120. The number of benzene rings is 2. The summed E-state index contributed by atoms with van der Waals surface area (Å²) in [5.41, 5.74) is 3.80. The van der Waals surface area contributed by atoms with Gasteiger partial charge in [0.15, 0.2) is 5.69 Å². The minimum Gasteiger partial charge on any atom is -0.392 e. The number of amides is 1. The number of aryl methyl sites for hydroxylation is 1. The fraction of sp³-hybridized carbons (Fsp3) is 0.333. The zero-order valence-corrected chi connectivity index (χ0v) is 19.5. The Hall–Kier alpha value is -2.38. The maximum atomic E-state index is 13.5. The van der Waals surface area contributed by atoms with Gasteiger partial charge in [-0.25, -0.2) is 4.68 Å². The molecule has 32 heavy (non-hydrogen) atoms. The van der Waals surface area contributed by atoms with Gasteiger partial charge < -0.3 is 14.7 Å². The molecule has 0 radical (unpaired) electrons. The Kier molecular flexibility index (Phi) is 6.86. The van der Waals surface area contributed by atoms with Crippen molar-refractivity contribution in [3.63, 3.8) is 0 Å². The van der Waals surface area contributed by atoms with Gasteiger partial charge in [0.25, 0.3) is 5.91 Å². The minimum atomic E-state index is -0.336. The van der Waals surface area contributed by atoms with Crippen molar-refractivity contribution in [1.82, 2.24) is 14.7 Å². The van der Waals surface area contributed by atoms with Crippen LogP contribution in [0.25, 0.3) is 16.9 Å². The lowest BCUT2D eigenvalue weighted by Crippen LogP contribution is -2.41. The van der Waals surface area contributed by atoms with Gasteiger partial charge in [-0.05, 0) is 38.0 Å². The number of rotatable bonds is 5. The fourth-order valence-corrected chi connectivity index (χ4v) is 4.50. The first-order valence-electron chi connectivity index (χ1n) is 10.5. The Morgan fingerprint density at radius 1 is 1.19 bits per heavy atom. The lowest BCUT2D eigenvalue weighted by atomic mass is 10.0. The molecule has 3 aromatic rings. The summed E-state index contributed by atoms with van der Waals surface area (Å²) in [5, 5.41) is 15.9. The van der Waals surface area contributed by atoms with Crippen molar-refractivity contribution >= 4 is 29.1 Å². The fourth-order valence-electron chi connectivity index (χ4n) is 4.01. The van der Waals surface area contributed by atoms with Crippen LogP contribution in [0.1, 0.15) is 34.5 Å². The second-order valence-corrected chi connectivity index (χ2v) is 8.81. The molecule has 1 N–H and O–H groups in total. The van der Waals surface area contributed by atoms with Crippen LogP contribution in [0.2, 0.25) is 10.0 Å². The van der Waals surface area contributed by atoms with Crippen molar-refractivity contribution in [1.29, 1.82) is 0 Å². The zero-order chi connectivity index (χ0) is 22.8. The number of hydrogen-bond donors (Lipinski definition) is 1. The number of aliphatic hydroxyl groups is 1. The number of carbonyl (C=O) groups excluding carboxylic acids is 1. The molecule has 6 nitrogen and oxygen atoms in total. The first-order valence-corrected chi connectivity index (χ1v) is 11.3. The average Bonchev–Trinajstić information content (AvgIpc) is 3.18. The summed E-state index contributed by atoms with van der Waals surface area (Å²) in [6.07, 6.45) is 1.54. The van der Waals surface area contributed by atoms with Crippen LogP contribution < -0.4 is 0 Å². The van der Waals surface area contributed by atoms with Gasteiger partial charge in [-0.1, -0.05) is 53.0 Å².